The topological polar surface area (TPSA) is 3.24 Å². The van der Waals surface area contributed by atoms with E-state index in [1.165, 1.54) is 18.7 Å². The fraction of sp³-hybridized carbons (Fsp3) is 0.846. The van der Waals surface area contributed by atoms with Crippen molar-refractivity contribution < 1.29 is 0 Å². The Morgan fingerprint density at radius 1 is 1.21 bits per heavy atom. The highest BCUT2D eigenvalue weighted by atomic mass is 15.2. The molecule has 1 fully saturated rings. The van der Waals surface area contributed by atoms with Gasteiger partial charge in [0, 0.05) is 18.3 Å². The number of rotatable bonds is 3. The summed E-state index contributed by atoms with van der Waals surface area (Å²) in [5, 5.41) is 0. The van der Waals surface area contributed by atoms with Crippen LogP contribution >= 0.6 is 0 Å². The Hall–Kier alpha value is -0.460. The molecule has 0 aliphatic carbocycles. The van der Waals surface area contributed by atoms with Crippen molar-refractivity contribution in [2.24, 2.45) is 17.8 Å². The molecule has 0 aromatic carbocycles. The molecule has 0 aromatic heterocycles. The lowest BCUT2D eigenvalue weighted by Gasteiger charge is -2.34. The third-order valence-electron chi connectivity index (χ3n) is 3.53. The van der Waals surface area contributed by atoms with Crippen molar-refractivity contribution in [3.63, 3.8) is 0 Å². The van der Waals surface area contributed by atoms with Gasteiger partial charge in [0.15, 0.2) is 0 Å². The first-order valence-electron chi connectivity index (χ1n) is 5.87. The van der Waals surface area contributed by atoms with Crippen molar-refractivity contribution >= 4 is 0 Å². The Morgan fingerprint density at radius 3 is 2.14 bits per heavy atom. The maximum atomic E-state index is 4.09. The van der Waals surface area contributed by atoms with Crippen molar-refractivity contribution in [1.82, 2.24) is 4.90 Å². The second kappa shape index (κ2) is 4.37. The van der Waals surface area contributed by atoms with E-state index >= 15 is 0 Å². The smallest absolute Gasteiger partial charge is 0.0340 e. The Balaban J connectivity index is 2.79. The molecule has 1 rings (SSSR count). The average molecular weight is 195 g/mol. The molecule has 1 heterocycles. The summed E-state index contributed by atoms with van der Waals surface area (Å²) in [5.41, 5.74) is 1.24. The van der Waals surface area contributed by atoms with E-state index in [1.807, 2.05) is 0 Å². The molecule has 0 radical (unpaired) electrons. The Morgan fingerprint density at radius 2 is 1.79 bits per heavy atom. The molecule has 0 spiro atoms. The molecule has 1 saturated heterocycles. The van der Waals surface area contributed by atoms with Gasteiger partial charge in [-0.15, -0.1) is 0 Å². The van der Waals surface area contributed by atoms with Gasteiger partial charge in [-0.1, -0.05) is 34.3 Å². The Bertz CT molecular complexity index is 205. The first kappa shape index (κ1) is 11.6. The molecule has 0 N–H and O–H groups in total. The third-order valence-corrected chi connectivity index (χ3v) is 3.53. The second-order valence-electron chi connectivity index (χ2n) is 5.36. The summed E-state index contributed by atoms with van der Waals surface area (Å²) in [4.78, 5) is 2.51. The highest BCUT2D eigenvalue weighted by Crippen LogP contribution is 2.36. The van der Waals surface area contributed by atoms with Crippen LogP contribution in [0.2, 0.25) is 0 Å². The SMILES string of the molecule is C=C(C)N1CCC(C(C)C)C1C(C)C. The minimum Gasteiger partial charge on any atom is -0.372 e. The molecular formula is C13H25N. The largest absolute Gasteiger partial charge is 0.372 e. The van der Waals surface area contributed by atoms with Crippen LogP contribution in [0.15, 0.2) is 12.3 Å². The molecule has 0 bridgehead atoms. The Kier molecular flexibility index (Phi) is 3.63. The summed E-state index contributed by atoms with van der Waals surface area (Å²) in [6.45, 7) is 16.8. The summed E-state index contributed by atoms with van der Waals surface area (Å²) in [5.74, 6) is 2.39. The van der Waals surface area contributed by atoms with Crippen LogP contribution in [0, 0.1) is 17.8 Å². The summed E-state index contributed by atoms with van der Waals surface area (Å²) in [6, 6.07) is 0.715. The van der Waals surface area contributed by atoms with E-state index in [9.17, 15) is 0 Å². The Labute approximate surface area is 89.2 Å². The predicted molar refractivity (Wildman–Crippen MR) is 63.1 cm³/mol. The van der Waals surface area contributed by atoms with Crippen LogP contribution in [0.25, 0.3) is 0 Å². The number of nitrogens with zero attached hydrogens (tertiary/aromatic N) is 1. The number of hydrogen-bond donors (Lipinski definition) is 0. The van der Waals surface area contributed by atoms with Crippen LogP contribution in [-0.4, -0.2) is 17.5 Å². The van der Waals surface area contributed by atoms with Crippen molar-refractivity contribution in [2.75, 3.05) is 6.54 Å². The van der Waals surface area contributed by atoms with Crippen LogP contribution in [0.4, 0.5) is 0 Å². The van der Waals surface area contributed by atoms with Crippen molar-refractivity contribution in [3.8, 4) is 0 Å². The van der Waals surface area contributed by atoms with Gasteiger partial charge >= 0.3 is 0 Å². The predicted octanol–water partition coefficient (Wildman–Crippen LogP) is 3.52. The zero-order chi connectivity index (χ0) is 10.9. The van der Waals surface area contributed by atoms with E-state index in [-0.39, 0.29) is 0 Å². The molecule has 1 heteroatoms. The molecule has 1 nitrogen and oxygen atoms in total. The van der Waals surface area contributed by atoms with Crippen LogP contribution in [0.5, 0.6) is 0 Å². The minimum absolute atomic E-state index is 0.715. The number of allylic oxidation sites excluding steroid dienone is 1. The molecular weight excluding hydrogens is 170 g/mol. The number of hydrogen-bond acceptors (Lipinski definition) is 1. The van der Waals surface area contributed by atoms with Gasteiger partial charge in [0.1, 0.15) is 0 Å². The van der Waals surface area contributed by atoms with Gasteiger partial charge in [0.05, 0.1) is 0 Å². The monoisotopic (exact) mass is 195 g/mol. The van der Waals surface area contributed by atoms with Gasteiger partial charge in [-0.25, -0.2) is 0 Å². The summed E-state index contributed by atoms with van der Waals surface area (Å²) >= 11 is 0. The fourth-order valence-electron chi connectivity index (χ4n) is 2.87. The van der Waals surface area contributed by atoms with E-state index in [0.29, 0.717) is 6.04 Å². The average Bonchev–Trinajstić information content (AvgIpc) is 2.46. The van der Waals surface area contributed by atoms with Gasteiger partial charge in [0.25, 0.3) is 0 Å². The van der Waals surface area contributed by atoms with Gasteiger partial charge in [0.2, 0.25) is 0 Å². The molecule has 82 valence electrons. The molecule has 0 saturated carbocycles. The van der Waals surface area contributed by atoms with E-state index in [4.69, 9.17) is 0 Å². The van der Waals surface area contributed by atoms with Crippen molar-refractivity contribution in [2.45, 2.75) is 47.1 Å². The summed E-state index contributed by atoms with van der Waals surface area (Å²) in [6.07, 6.45) is 1.34. The molecule has 2 atom stereocenters. The van der Waals surface area contributed by atoms with Crippen LogP contribution < -0.4 is 0 Å². The maximum absolute atomic E-state index is 4.09. The van der Waals surface area contributed by atoms with Crippen LogP contribution in [-0.2, 0) is 0 Å². The third kappa shape index (κ3) is 2.13. The first-order chi connectivity index (χ1) is 6.45. The maximum Gasteiger partial charge on any atom is 0.0340 e. The fourth-order valence-corrected chi connectivity index (χ4v) is 2.87. The molecule has 14 heavy (non-hydrogen) atoms. The molecule has 1 aliphatic rings. The standard InChI is InChI=1S/C13H25N/c1-9(2)12-7-8-14(11(5)6)13(12)10(3)4/h9-10,12-13H,5,7-8H2,1-4,6H3. The molecule has 2 unspecified atom stereocenters. The normalized spacial score (nSPS) is 27.8. The van der Waals surface area contributed by atoms with Crippen LogP contribution in [0.3, 0.4) is 0 Å². The van der Waals surface area contributed by atoms with E-state index < -0.39 is 0 Å². The molecule has 0 aromatic rings. The zero-order valence-corrected chi connectivity index (χ0v) is 10.4. The lowest BCUT2D eigenvalue weighted by Crippen LogP contribution is -2.37. The van der Waals surface area contributed by atoms with Gasteiger partial charge in [-0.3, -0.25) is 0 Å². The molecule has 1 aliphatic heterocycles. The minimum atomic E-state index is 0.715. The van der Waals surface area contributed by atoms with Gasteiger partial charge < -0.3 is 4.90 Å². The lowest BCUT2D eigenvalue weighted by molar-refractivity contribution is 0.189. The summed E-state index contributed by atoms with van der Waals surface area (Å²) < 4.78 is 0. The van der Waals surface area contributed by atoms with Crippen molar-refractivity contribution in [3.05, 3.63) is 12.3 Å². The van der Waals surface area contributed by atoms with Crippen molar-refractivity contribution in [1.29, 1.82) is 0 Å². The highest BCUT2D eigenvalue weighted by molar-refractivity contribution is 5.01. The number of likely N-dealkylation sites (tertiary alicyclic amines) is 1. The summed E-state index contributed by atoms with van der Waals surface area (Å²) in [7, 11) is 0. The molecule has 0 amide bonds. The van der Waals surface area contributed by atoms with E-state index in [0.717, 1.165) is 17.8 Å². The second-order valence-corrected chi connectivity index (χ2v) is 5.36. The van der Waals surface area contributed by atoms with Gasteiger partial charge in [-0.05, 0) is 31.1 Å². The van der Waals surface area contributed by atoms with E-state index in [1.54, 1.807) is 0 Å². The first-order valence-corrected chi connectivity index (χ1v) is 5.87. The van der Waals surface area contributed by atoms with Gasteiger partial charge in [-0.2, -0.15) is 0 Å². The lowest BCUT2D eigenvalue weighted by atomic mass is 9.83. The highest BCUT2D eigenvalue weighted by Gasteiger charge is 2.37. The van der Waals surface area contributed by atoms with E-state index in [2.05, 4.69) is 46.1 Å². The zero-order valence-electron chi connectivity index (χ0n) is 10.4. The quantitative estimate of drug-likeness (QED) is 0.666. The van der Waals surface area contributed by atoms with Crippen LogP contribution in [0.1, 0.15) is 41.0 Å².